The second kappa shape index (κ2) is 6.85. The van der Waals surface area contributed by atoms with E-state index >= 15 is 0 Å². The van der Waals surface area contributed by atoms with E-state index in [9.17, 15) is 4.79 Å². The number of hydrogen-bond donors (Lipinski definition) is 1. The Bertz CT molecular complexity index is 336. The molecule has 0 spiro atoms. The number of carboxylic acid groups (broad SMARTS) is 1. The minimum atomic E-state index is -0.832. The predicted octanol–water partition coefficient (Wildman–Crippen LogP) is 1.73. The van der Waals surface area contributed by atoms with Crippen molar-refractivity contribution in [3.8, 4) is 5.75 Å². The number of rotatable bonds is 7. The maximum Gasteiger partial charge on any atom is 0.305 e. The largest absolute Gasteiger partial charge is 0.497 e. The van der Waals surface area contributed by atoms with Crippen molar-refractivity contribution < 1.29 is 19.4 Å². The van der Waals surface area contributed by atoms with E-state index in [1.54, 1.807) is 7.11 Å². The SMILES string of the molecule is COc1cccc(CCOCCC(=O)O)c1. The second-order valence-electron chi connectivity index (χ2n) is 3.36. The smallest absolute Gasteiger partial charge is 0.305 e. The number of carbonyl (C=O) groups is 1. The van der Waals surface area contributed by atoms with Crippen LogP contribution in [-0.4, -0.2) is 31.4 Å². The third-order valence-electron chi connectivity index (χ3n) is 2.13. The van der Waals surface area contributed by atoms with E-state index in [1.807, 2.05) is 24.3 Å². The van der Waals surface area contributed by atoms with Crippen LogP contribution in [0.15, 0.2) is 24.3 Å². The molecule has 0 bridgehead atoms. The molecule has 1 N–H and O–H groups in total. The predicted molar refractivity (Wildman–Crippen MR) is 59.8 cm³/mol. The average Bonchev–Trinajstić information content (AvgIpc) is 2.28. The van der Waals surface area contributed by atoms with Crippen molar-refractivity contribution in [1.29, 1.82) is 0 Å². The van der Waals surface area contributed by atoms with Crippen LogP contribution >= 0.6 is 0 Å². The summed E-state index contributed by atoms with van der Waals surface area (Å²) >= 11 is 0. The Kier molecular flexibility index (Phi) is 5.36. The zero-order valence-corrected chi connectivity index (χ0v) is 9.31. The first-order chi connectivity index (χ1) is 7.72. The quantitative estimate of drug-likeness (QED) is 0.716. The van der Waals surface area contributed by atoms with E-state index < -0.39 is 5.97 Å². The molecule has 0 atom stereocenters. The molecular weight excluding hydrogens is 208 g/mol. The van der Waals surface area contributed by atoms with Gasteiger partial charge in [-0.1, -0.05) is 12.1 Å². The summed E-state index contributed by atoms with van der Waals surface area (Å²) in [5.41, 5.74) is 1.12. The first-order valence-electron chi connectivity index (χ1n) is 5.15. The molecule has 88 valence electrons. The molecule has 0 aliphatic rings. The van der Waals surface area contributed by atoms with Gasteiger partial charge in [-0.2, -0.15) is 0 Å². The average molecular weight is 224 g/mol. The Labute approximate surface area is 94.8 Å². The molecule has 0 radical (unpaired) electrons. The van der Waals surface area contributed by atoms with Crippen molar-refractivity contribution in [2.45, 2.75) is 12.8 Å². The highest BCUT2D eigenvalue weighted by molar-refractivity contribution is 5.66. The molecule has 16 heavy (non-hydrogen) atoms. The Balaban J connectivity index is 2.23. The Morgan fingerprint density at radius 1 is 1.38 bits per heavy atom. The second-order valence-corrected chi connectivity index (χ2v) is 3.36. The van der Waals surface area contributed by atoms with Crippen LogP contribution < -0.4 is 4.74 Å². The summed E-state index contributed by atoms with van der Waals surface area (Å²) in [6.07, 6.45) is 0.814. The third kappa shape index (κ3) is 4.79. The van der Waals surface area contributed by atoms with Crippen molar-refractivity contribution >= 4 is 5.97 Å². The van der Waals surface area contributed by atoms with Crippen LogP contribution in [-0.2, 0) is 16.0 Å². The monoisotopic (exact) mass is 224 g/mol. The lowest BCUT2D eigenvalue weighted by atomic mass is 10.1. The highest BCUT2D eigenvalue weighted by Gasteiger charge is 1.98. The molecule has 0 aliphatic heterocycles. The standard InChI is InChI=1S/C12H16O4/c1-15-11-4-2-3-10(9-11)5-7-16-8-6-12(13)14/h2-4,9H,5-8H2,1H3,(H,13,14). The van der Waals surface area contributed by atoms with Crippen LogP contribution in [0.2, 0.25) is 0 Å². The van der Waals surface area contributed by atoms with Gasteiger partial charge in [0.1, 0.15) is 5.75 Å². The van der Waals surface area contributed by atoms with Crippen molar-refractivity contribution in [1.82, 2.24) is 0 Å². The van der Waals surface area contributed by atoms with E-state index in [0.29, 0.717) is 6.61 Å². The molecule has 0 saturated heterocycles. The van der Waals surface area contributed by atoms with E-state index in [-0.39, 0.29) is 13.0 Å². The molecule has 0 amide bonds. The van der Waals surface area contributed by atoms with Gasteiger partial charge in [0, 0.05) is 0 Å². The Morgan fingerprint density at radius 2 is 2.19 bits per heavy atom. The summed E-state index contributed by atoms with van der Waals surface area (Å²) in [6, 6.07) is 7.74. The van der Waals surface area contributed by atoms with Crippen molar-refractivity contribution in [2.75, 3.05) is 20.3 Å². The molecule has 1 rings (SSSR count). The minimum Gasteiger partial charge on any atom is -0.497 e. The van der Waals surface area contributed by atoms with Crippen molar-refractivity contribution in [2.24, 2.45) is 0 Å². The Morgan fingerprint density at radius 3 is 2.88 bits per heavy atom. The number of ether oxygens (including phenoxy) is 2. The van der Waals surface area contributed by atoms with Gasteiger partial charge in [-0.25, -0.2) is 0 Å². The van der Waals surface area contributed by atoms with Crippen LogP contribution in [0.5, 0.6) is 5.75 Å². The molecular formula is C12H16O4. The fraction of sp³-hybridized carbons (Fsp3) is 0.417. The van der Waals surface area contributed by atoms with Gasteiger partial charge in [0.25, 0.3) is 0 Å². The summed E-state index contributed by atoms with van der Waals surface area (Å²) in [5.74, 6) is -0.00980. The van der Waals surface area contributed by atoms with Crippen LogP contribution in [0.3, 0.4) is 0 Å². The molecule has 0 fully saturated rings. The maximum atomic E-state index is 10.2. The highest BCUT2D eigenvalue weighted by Crippen LogP contribution is 2.12. The van der Waals surface area contributed by atoms with Crippen LogP contribution in [0.25, 0.3) is 0 Å². The van der Waals surface area contributed by atoms with E-state index in [0.717, 1.165) is 17.7 Å². The van der Waals surface area contributed by atoms with Crippen LogP contribution in [0, 0.1) is 0 Å². The molecule has 1 aromatic carbocycles. The lowest BCUT2D eigenvalue weighted by Gasteiger charge is -2.05. The molecule has 0 heterocycles. The zero-order valence-electron chi connectivity index (χ0n) is 9.31. The number of aliphatic carboxylic acids is 1. The molecule has 0 aliphatic carbocycles. The normalized spacial score (nSPS) is 10.1. The summed E-state index contributed by atoms with van der Waals surface area (Å²) in [6.45, 7) is 0.791. The lowest BCUT2D eigenvalue weighted by molar-refractivity contribution is -0.138. The van der Waals surface area contributed by atoms with Crippen molar-refractivity contribution in [3.05, 3.63) is 29.8 Å². The van der Waals surface area contributed by atoms with Gasteiger partial charge in [0.15, 0.2) is 0 Å². The summed E-state index contributed by atoms with van der Waals surface area (Å²) in [5, 5.41) is 8.40. The highest BCUT2D eigenvalue weighted by atomic mass is 16.5. The maximum absolute atomic E-state index is 10.2. The number of carboxylic acids is 1. The lowest BCUT2D eigenvalue weighted by Crippen LogP contribution is -2.05. The molecule has 0 aromatic heterocycles. The van der Waals surface area contributed by atoms with E-state index in [4.69, 9.17) is 14.6 Å². The summed E-state index contributed by atoms with van der Waals surface area (Å²) in [7, 11) is 1.63. The third-order valence-corrected chi connectivity index (χ3v) is 2.13. The topological polar surface area (TPSA) is 55.8 Å². The van der Waals surface area contributed by atoms with Gasteiger partial charge >= 0.3 is 5.97 Å². The van der Waals surface area contributed by atoms with Crippen molar-refractivity contribution in [3.63, 3.8) is 0 Å². The molecule has 0 saturated carbocycles. The molecule has 1 aromatic rings. The zero-order chi connectivity index (χ0) is 11.8. The molecule has 4 heteroatoms. The first-order valence-corrected chi connectivity index (χ1v) is 5.15. The van der Waals surface area contributed by atoms with E-state index in [1.165, 1.54) is 0 Å². The van der Waals surface area contributed by atoms with Gasteiger partial charge in [-0.05, 0) is 24.1 Å². The van der Waals surface area contributed by atoms with Crippen LogP contribution in [0.1, 0.15) is 12.0 Å². The van der Waals surface area contributed by atoms with Crippen LogP contribution in [0.4, 0.5) is 0 Å². The first kappa shape index (κ1) is 12.5. The molecule has 4 nitrogen and oxygen atoms in total. The fourth-order valence-electron chi connectivity index (χ4n) is 1.28. The summed E-state index contributed by atoms with van der Waals surface area (Å²) < 4.78 is 10.3. The van der Waals surface area contributed by atoms with Gasteiger partial charge in [-0.15, -0.1) is 0 Å². The number of hydrogen-bond acceptors (Lipinski definition) is 3. The minimum absolute atomic E-state index is 0.0537. The fourth-order valence-corrected chi connectivity index (χ4v) is 1.28. The Hall–Kier alpha value is -1.55. The number of benzene rings is 1. The van der Waals surface area contributed by atoms with E-state index in [2.05, 4.69) is 0 Å². The van der Waals surface area contributed by atoms with Gasteiger partial charge in [-0.3, -0.25) is 4.79 Å². The van der Waals surface area contributed by atoms with Gasteiger partial charge < -0.3 is 14.6 Å². The van der Waals surface area contributed by atoms with Gasteiger partial charge in [0.2, 0.25) is 0 Å². The number of methoxy groups -OCH3 is 1. The molecule has 0 unspecified atom stereocenters. The summed E-state index contributed by atoms with van der Waals surface area (Å²) in [4.78, 5) is 10.2. The van der Waals surface area contributed by atoms with Gasteiger partial charge in [0.05, 0.1) is 26.7 Å².